The van der Waals surface area contributed by atoms with Crippen LogP contribution in [0.5, 0.6) is 5.75 Å². The van der Waals surface area contributed by atoms with Gasteiger partial charge in [-0.05, 0) is 29.3 Å². The van der Waals surface area contributed by atoms with Crippen molar-refractivity contribution in [2.24, 2.45) is 0 Å². The molecule has 0 spiro atoms. The maximum Gasteiger partial charge on any atom is 0.129 e. The number of fused-ring (bicyclic) bond motifs is 1. The fraction of sp³-hybridized carbons (Fsp3) is 0.250. The highest BCUT2D eigenvalue weighted by Gasteiger charge is 2.23. The number of halogens is 2. The molecule has 2 aromatic carbocycles. The number of ether oxygens (including phenoxy) is 1. The predicted molar refractivity (Wildman–Crippen MR) is 80.4 cm³/mol. The van der Waals surface area contributed by atoms with Crippen molar-refractivity contribution in [2.75, 3.05) is 6.54 Å². The van der Waals surface area contributed by atoms with Crippen LogP contribution in [0.2, 0.25) is 0 Å². The summed E-state index contributed by atoms with van der Waals surface area (Å²) in [6.45, 7) is 2.12. The molecule has 112 valence electrons. The molecule has 0 aliphatic carbocycles. The number of aliphatic hydroxyl groups is 1. The minimum atomic E-state index is -0.395. The van der Waals surface area contributed by atoms with Crippen LogP contribution in [0.25, 0.3) is 0 Å². The summed E-state index contributed by atoms with van der Waals surface area (Å²) in [5, 5.41) is 12.1. The molecule has 5 heteroatoms. The van der Waals surface area contributed by atoms with E-state index in [4.69, 9.17) is 4.74 Å². The van der Waals surface area contributed by atoms with E-state index in [1.165, 1.54) is 0 Å². The molecule has 1 aliphatic heterocycles. The summed E-state index contributed by atoms with van der Waals surface area (Å²) in [7, 11) is 0. The third-order valence-corrected chi connectivity index (χ3v) is 4.04. The zero-order valence-corrected chi connectivity index (χ0v) is 13.8. The number of nitrogens with two attached hydrogens (primary N) is 1. The molecule has 1 atom stereocenters. The first-order valence-electron chi connectivity index (χ1n) is 6.73. The summed E-state index contributed by atoms with van der Waals surface area (Å²) in [6, 6.07) is 14.0. The maximum absolute atomic E-state index is 10.0. The van der Waals surface area contributed by atoms with E-state index in [1.54, 1.807) is 0 Å². The van der Waals surface area contributed by atoms with Gasteiger partial charge in [-0.1, -0.05) is 40.2 Å². The maximum atomic E-state index is 10.0. The van der Waals surface area contributed by atoms with Crippen LogP contribution in [-0.4, -0.2) is 11.7 Å². The fourth-order valence-corrected chi connectivity index (χ4v) is 3.00. The Kier molecular flexibility index (Phi) is 5.65. The Hall–Kier alpha value is -1.07. The standard InChI is InChI=1S/C16H16BrNO2.ClH/c17-12-4-1-3-11(7-12)10-20-16-6-2-5-13-14(16)8-18-9-15(13)19;/h1-7,15,18-19H,8-10H2;1H. The van der Waals surface area contributed by atoms with Crippen LogP contribution in [0.15, 0.2) is 46.9 Å². The molecule has 1 aliphatic rings. The largest absolute Gasteiger partial charge is 1.00 e. The predicted octanol–water partition coefficient (Wildman–Crippen LogP) is -0.858. The van der Waals surface area contributed by atoms with Gasteiger partial charge in [0, 0.05) is 4.47 Å². The van der Waals surface area contributed by atoms with Gasteiger partial charge in [0.25, 0.3) is 0 Å². The molecule has 3 nitrogen and oxygen atoms in total. The van der Waals surface area contributed by atoms with E-state index in [0.29, 0.717) is 6.61 Å². The highest BCUT2D eigenvalue weighted by Crippen LogP contribution is 2.28. The molecule has 0 aromatic heterocycles. The van der Waals surface area contributed by atoms with E-state index in [9.17, 15) is 5.11 Å². The lowest BCUT2D eigenvalue weighted by Gasteiger charge is -2.22. The summed E-state index contributed by atoms with van der Waals surface area (Å²) in [4.78, 5) is 0. The lowest BCUT2D eigenvalue weighted by atomic mass is 9.98. The summed E-state index contributed by atoms with van der Waals surface area (Å²) < 4.78 is 7.00. The van der Waals surface area contributed by atoms with E-state index in [1.807, 2.05) is 36.4 Å². The molecule has 0 bridgehead atoms. The van der Waals surface area contributed by atoms with Gasteiger partial charge in [0.05, 0.1) is 5.56 Å². The van der Waals surface area contributed by atoms with Crippen molar-refractivity contribution in [1.82, 2.24) is 0 Å². The Morgan fingerprint density at radius 3 is 2.86 bits per heavy atom. The van der Waals surface area contributed by atoms with Gasteiger partial charge < -0.3 is 27.6 Å². The third-order valence-electron chi connectivity index (χ3n) is 3.55. The van der Waals surface area contributed by atoms with Crippen LogP contribution >= 0.6 is 15.9 Å². The second kappa shape index (κ2) is 7.27. The first kappa shape index (κ1) is 16.3. The Bertz CT molecular complexity index is 621. The van der Waals surface area contributed by atoms with Crippen molar-refractivity contribution >= 4 is 15.9 Å². The lowest BCUT2D eigenvalue weighted by molar-refractivity contribution is -0.681. The molecular weight excluding hydrogens is 354 g/mol. The fourth-order valence-electron chi connectivity index (χ4n) is 2.55. The van der Waals surface area contributed by atoms with Gasteiger partial charge in [0.1, 0.15) is 31.5 Å². The van der Waals surface area contributed by atoms with Crippen molar-refractivity contribution in [1.29, 1.82) is 0 Å². The molecule has 1 heterocycles. The van der Waals surface area contributed by atoms with Gasteiger partial charge in [-0.2, -0.15) is 0 Å². The van der Waals surface area contributed by atoms with Crippen LogP contribution in [0.1, 0.15) is 22.8 Å². The molecule has 21 heavy (non-hydrogen) atoms. The normalized spacial score (nSPS) is 16.8. The van der Waals surface area contributed by atoms with Crippen LogP contribution in [0, 0.1) is 0 Å². The number of hydrogen-bond acceptors (Lipinski definition) is 2. The zero-order chi connectivity index (χ0) is 13.9. The molecule has 0 saturated carbocycles. The minimum Gasteiger partial charge on any atom is -1.00 e. The number of aliphatic hydroxyl groups excluding tert-OH is 1. The van der Waals surface area contributed by atoms with Crippen molar-refractivity contribution in [3.8, 4) is 5.75 Å². The summed E-state index contributed by atoms with van der Waals surface area (Å²) in [6.07, 6.45) is -0.395. The highest BCUT2D eigenvalue weighted by atomic mass is 79.9. The monoisotopic (exact) mass is 369 g/mol. The SMILES string of the molecule is OC1C[NH2+]Cc2c(OCc3cccc(Br)c3)cccc21.[Cl-]. The average Bonchev–Trinajstić information content (AvgIpc) is 2.46. The van der Waals surface area contributed by atoms with E-state index < -0.39 is 6.10 Å². The molecule has 0 fully saturated rings. The molecule has 2 aromatic rings. The van der Waals surface area contributed by atoms with E-state index in [2.05, 4.69) is 27.3 Å². The van der Waals surface area contributed by atoms with Crippen molar-refractivity contribution in [3.05, 3.63) is 63.6 Å². The topological polar surface area (TPSA) is 46.1 Å². The number of quaternary nitrogens is 1. The third kappa shape index (κ3) is 3.77. The molecule has 0 amide bonds. The Morgan fingerprint density at radius 1 is 1.24 bits per heavy atom. The first-order chi connectivity index (χ1) is 9.74. The van der Waals surface area contributed by atoms with Crippen molar-refractivity contribution in [2.45, 2.75) is 19.3 Å². The van der Waals surface area contributed by atoms with Gasteiger partial charge in [-0.15, -0.1) is 0 Å². The van der Waals surface area contributed by atoms with Gasteiger partial charge >= 0.3 is 0 Å². The Labute approximate surface area is 138 Å². The molecule has 0 radical (unpaired) electrons. The van der Waals surface area contributed by atoms with Gasteiger partial charge in [0.15, 0.2) is 0 Å². The van der Waals surface area contributed by atoms with Gasteiger partial charge in [-0.3, -0.25) is 0 Å². The van der Waals surface area contributed by atoms with Gasteiger partial charge in [0.2, 0.25) is 0 Å². The van der Waals surface area contributed by atoms with Crippen molar-refractivity contribution < 1.29 is 27.6 Å². The van der Waals surface area contributed by atoms with Crippen molar-refractivity contribution in [3.63, 3.8) is 0 Å². The molecule has 3 N–H and O–H groups in total. The zero-order valence-electron chi connectivity index (χ0n) is 11.4. The smallest absolute Gasteiger partial charge is 0.129 e. The molecular formula is C16H17BrClNO2. The lowest BCUT2D eigenvalue weighted by Crippen LogP contribution is -3.00. The summed E-state index contributed by atoms with van der Waals surface area (Å²) in [5.74, 6) is 0.873. The molecule has 3 rings (SSSR count). The van der Waals surface area contributed by atoms with E-state index >= 15 is 0 Å². The van der Waals surface area contributed by atoms with E-state index in [0.717, 1.165) is 40.0 Å². The Balaban J connectivity index is 0.00000161. The van der Waals surface area contributed by atoms with Crippen LogP contribution in [0.3, 0.4) is 0 Å². The van der Waals surface area contributed by atoms with Gasteiger partial charge in [-0.25, -0.2) is 0 Å². The first-order valence-corrected chi connectivity index (χ1v) is 7.52. The number of hydrogen-bond donors (Lipinski definition) is 2. The van der Waals surface area contributed by atoms with Crippen LogP contribution in [-0.2, 0) is 13.2 Å². The second-order valence-corrected chi connectivity index (χ2v) is 5.90. The summed E-state index contributed by atoms with van der Waals surface area (Å²) in [5.41, 5.74) is 3.23. The summed E-state index contributed by atoms with van der Waals surface area (Å²) >= 11 is 3.46. The average molecular weight is 371 g/mol. The molecule has 0 saturated heterocycles. The minimum absolute atomic E-state index is 0. The quantitative estimate of drug-likeness (QED) is 0.739. The number of rotatable bonds is 3. The molecule has 1 unspecified atom stereocenters. The second-order valence-electron chi connectivity index (χ2n) is 4.99. The Morgan fingerprint density at radius 2 is 2.05 bits per heavy atom. The van der Waals surface area contributed by atoms with Crippen LogP contribution < -0.4 is 22.5 Å². The van der Waals surface area contributed by atoms with E-state index in [-0.39, 0.29) is 12.4 Å². The van der Waals surface area contributed by atoms with Crippen LogP contribution in [0.4, 0.5) is 0 Å². The number of benzene rings is 2. The highest BCUT2D eigenvalue weighted by molar-refractivity contribution is 9.10.